The first-order valence-electron chi connectivity index (χ1n) is 5.17. The molecule has 0 aromatic heterocycles. The first-order chi connectivity index (χ1) is 5.77. The van der Waals surface area contributed by atoms with Gasteiger partial charge in [-0.3, -0.25) is 0 Å². The molecule has 0 unspecified atom stereocenters. The summed E-state index contributed by atoms with van der Waals surface area (Å²) >= 11 is 0. The maximum absolute atomic E-state index is 8.72. The van der Waals surface area contributed by atoms with Crippen LogP contribution < -0.4 is 0 Å². The van der Waals surface area contributed by atoms with Gasteiger partial charge in [-0.15, -0.1) is 0 Å². The van der Waals surface area contributed by atoms with Crippen molar-refractivity contribution in [2.75, 3.05) is 0 Å². The Morgan fingerprint density at radius 3 is 2.33 bits per heavy atom. The third-order valence-corrected chi connectivity index (χ3v) is 3.40. The zero-order valence-electron chi connectivity index (χ0n) is 8.21. The maximum Gasteiger partial charge on any atom is 0.0655 e. The molecule has 0 saturated heterocycles. The van der Waals surface area contributed by atoms with Crippen molar-refractivity contribution in [3.05, 3.63) is 0 Å². The molecule has 0 aromatic rings. The molecule has 12 heavy (non-hydrogen) atoms. The second-order valence-electron chi connectivity index (χ2n) is 4.13. The Balaban J connectivity index is 2.31. The molecule has 0 bridgehead atoms. The summed E-state index contributed by atoms with van der Waals surface area (Å²) in [7, 11) is 0. The van der Waals surface area contributed by atoms with Crippen LogP contribution in [-0.4, -0.2) is 0 Å². The van der Waals surface area contributed by atoms with Crippen molar-refractivity contribution in [1.29, 1.82) is 5.26 Å². The summed E-state index contributed by atoms with van der Waals surface area (Å²) in [4.78, 5) is 0. The molecule has 1 aliphatic carbocycles. The average molecular weight is 165 g/mol. The lowest BCUT2D eigenvalue weighted by atomic mass is 9.76. The van der Waals surface area contributed by atoms with E-state index in [9.17, 15) is 0 Å². The highest BCUT2D eigenvalue weighted by molar-refractivity contribution is 4.87. The number of nitriles is 1. The van der Waals surface area contributed by atoms with Gasteiger partial charge in [-0.05, 0) is 37.5 Å². The van der Waals surface area contributed by atoms with Crippen LogP contribution in [0.3, 0.4) is 0 Å². The summed E-state index contributed by atoms with van der Waals surface area (Å²) in [6.45, 7) is 4.61. The van der Waals surface area contributed by atoms with E-state index in [1.165, 1.54) is 19.3 Å². The lowest BCUT2D eigenvalue weighted by Crippen LogP contribution is -2.18. The minimum absolute atomic E-state index is 0.366. The molecule has 1 atom stereocenters. The summed E-state index contributed by atoms with van der Waals surface area (Å²) in [6.07, 6.45) is 6.15. The molecule has 0 aliphatic heterocycles. The minimum atomic E-state index is 0.366. The molecule has 1 nitrogen and oxygen atoms in total. The van der Waals surface area contributed by atoms with Gasteiger partial charge in [0.25, 0.3) is 0 Å². The quantitative estimate of drug-likeness (QED) is 0.615. The molecule has 0 heterocycles. The van der Waals surface area contributed by atoms with Crippen molar-refractivity contribution < 1.29 is 0 Å². The van der Waals surface area contributed by atoms with E-state index in [0.29, 0.717) is 5.92 Å². The first kappa shape index (κ1) is 9.58. The van der Waals surface area contributed by atoms with Gasteiger partial charge < -0.3 is 0 Å². The Bertz CT molecular complexity index is 160. The number of hydrogen-bond acceptors (Lipinski definition) is 1. The topological polar surface area (TPSA) is 23.8 Å². The molecule has 68 valence electrons. The number of rotatable bonds is 2. The fourth-order valence-electron chi connectivity index (χ4n) is 2.15. The third kappa shape index (κ3) is 2.24. The van der Waals surface area contributed by atoms with E-state index in [4.69, 9.17) is 5.26 Å². The Kier molecular flexibility index (Phi) is 3.59. The number of nitrogens with zero attached hydrogens (tertiary/aromatic N) is 1. The van der Waals surface area contributed by atoms with Gasteiger partial charge in [-0.2, -0.15) is 5.26 Å². The highest BCUT2D eigenvalue weighted by Gasteiger charge is 2.23. The summed E-state index contributed by atoms with van der Waals surface area (Å²) in [5, 5.41) is 8.72. The normalized spacial score (nSPS) is 32.4. The van der Waals surface area contributed by atoms with Crippen LogP contribution in [0.5, 0.6) is 0 Å². The molecule has 1 fully saturated rings. The molecule has 0 radical (unpaired) electrons. The average Bonchev–Trinajstić information content (AvgIpc) is 2.17. The van der Waals surface area contributed by atoms with Gasteiger partial charge in [-0.25, -0.2) is 0 Å². The summed E-state index contributed by atoms with van der Waals surface area (Å²) in [5.74, 6) is 2.13. The Morgan fingerprint density at radius 2 is 1.92 bits per heavy atom. The minimum Gasteiger partial charge on any atom is -0.198 e. The second-order valence-corrected chi connectivity index (χ2v) is 4.13. The van der Waals surface area contributed by atoms with Crippen LogP contribution in [0.25, 0.3) is 0 Å². The van der Waals surface area contributed by atoms with E-state index in [1.807, 2.05) is 0 Å². The van der Waals surface area contributed by atoms with Crippen molar-refractivity contribution in [2.45, 2.75) is 46.0 Å². The highest BCUT2D eigenvalue weighted by Crippen LogP contribution is 2.33. The van der Waals surface area contributed by atoms with E-state index in [2.05, 4.69) is 19.9 Å². The molecule has 0 N–H and O–H groups in total. The van der Waals surface area contributed by atoms with Crippen LogP contribution in [-0.2, 0) is 0 Å². The summed E-state index contributed by atoms with van der Waals surface area (Å²) < 4.78 is 0. The van der Waals surface area contributed by atoms with Crippen molar-refractivity contribution in [3.8, 4) is 6.07 Å². The fraction of sp³-hybridized carbons (Fsp3) is 0.909. The van der Waals surface area contributed by atoms with Gasteiger partial charge in [0.15, 0.2) is 0 Å². The first-order valence-corrected chi connectivity index (χ1v) is 5.17. The largest absolute Gasteiger partial charge is 0.198 e. The lowest BCUT2D eigenvalue weighted by molar-refractivity contribution is 0.234. The van der Waals surface area contributed by atoms with Gasteiger partial charge in [-0.1, -0.05) is 20.3 Å². The smallest absolute Gasteiger partial charge is 0.0655 e. The van der Waals surface area contributed by atoms with Crippen molar-refractivity contribution in [1.82, 2.24) is 0 Å². The zero-order valence-corrected chi connectivity index (χ0v) is 8.21. The Morgan fingerprint density at radius 1 is 1.33 bits per heavy atom. The predicted molar refractivity (Wildman–Crippen MR) is 50.5 cm³/mol. The van der Waals surface area contributed by atoms with E-state index >= 15 is 0 Å². The van der Waals surface area contributed by atoms with Crippen LogP contribution in [0.15, 0.2) is 0 Å². The van der Waals surface area contributed by atoms with Gasteiger partial charge in [0.1, 0.15) is 0 Å². The number of hydrogen-bond donors (Lipinski definition) is 0. The van der Waals surface area contributed by atoms with Crippen LogP contribution in [0.1, 0.15) is 46.0 Å². The lowest BCUT2D eigenvalue weighted by Gasteiger charge is -2.28. The van der Waals surface area contributed by atoms with Gasteiger partial charge in [0.05, 0.1) is 6.07 Å². The van der Waals surface area contributed by atoms with E-state index in [-0.39, 0.29) is 0 Å². The molecule has 0 amide bonds. The highest BCUT2D eigenvalue weighted by atomic mass is 14.3. The predicted octanol–water partition coefficient (Wildman–Crippen LogP) is 3.36. The molecule has 1 aliphatic rings. The fourth-order valence-corrected chi connectivity index (χ4v) is 2.15. The van der Waals surface area contributed by atoms with E-state index in [0.717, 1.165) is 24.7 Å². The van der Waals surface area contributed by atoms with Crippen molar-refractivity contribution in [3.63, 3.8) is 0 Å². The van der Waals surface area contributed by atoms with Gasteiger partial charge in [0.2, 0.25) is 0 Å². The molecule has 1 saturated carbocycles. The van der Waals surface area contributed by atoms with Crippen LogP contribution in [0, 0.1) is 29.1 Å². The zero-order chi connectivity index (χ0) is 8.97. The monoisotopic (exact) mass is 165 g/mol. The molecular formula is C11H19N. The van der Waals surface area contributed by atoms with Crippen LogP contribution in [0.4, 0.5) is 0 Å². The molecule has 0 aromatic carbocycles. The standard InChI is InChI=1S/C11H19N/c1-3-9(2)11-6-4-10(8-12)5-7-11/h9-11H,3-7H2,1-2H3/t9-,10?,11?/m1/s1. The maximum atomic E-state index is 8.72. The van der Waals surface area contributed by atoms with E-state index in [1.54, 1.807) is 0 Å². The molecule has 1 heteroatoms. The van der Waals surface area contributed by atoms with E-state index < -0.39 is 0 Å². The third-order valence-electron chi connectivity index (χ3n) is 3.40. The summed E-state index contributed by atoms with van der Waals surface area (Å²) in [6, 6.07) is 2.38. The second kappa shape index (κ2) is 4.50. The van der Waals surface area contributed by atoms with Gasteiger partial charge >= 0.3 is 0 Å². The molecule has 1 rings (SSSR count). The summed E-state index contributed by atoms with van der Waals surface area (Å²) in [5.41, 5.74) is 0. The molecular weight excluding hydrogens is 146 g/mol. The van der Waals surface area contributed by atoms with Crippen molar-refractivity contribution >= 4 is 0 Å². The van der Waals surface area contributed by atoms with Gasteiger partial charge in [0, 0.05) is 5.92 Å². The SMILES string of the molecule is CC[C@@H](C)C1CCC(C#N)CC1. The Hall–Kier alpha value is -0.510. The van der Waals surface area contributed by atoms with Crippen molar-refractivity contribution in [2.24, 2.45) is 17.8 Å². The van der Waals surface area contributed by atoms with Crippen LogP contribution >= 0.6 is 0 Å². The van der Waals surface area contributed by atoms with Crippen LogP contribution in [0.2, 0.25) is 0 Å². The molecule has 0 spiro atoms. The Labute approximate surface area is 75.8 Å².